The van der Waals surface area contributed by atoms with Gasteiger partial charge in [0.25, 0.3) is 5.91 Å². The molecule has 19 heavy (non-hydrogen) atoms. The highest BCUT2D eigenvalue weighted by molar-refractivity contribution is 6.01. The molecular formula is C15H20N2O2. The zero-order valence-corrected chi connectivity index (χ0v) is 11.2. The van der Waals surface area contributed by atoms with Gasteiger partial charge in [-0.3, -0.25) is 4.79 Å². The summed E-state index contributed by atoms with van der Waals surface area (Å²) < 4.78 is 5.21. The zero-order chi connectivity index (χ0) is 13.5. The van der Waals surface area contributed by atoms with E-state index >= 15 is 0 Å². The molecule has 102 valence electrons. The highest BCUT2D eigenvalue weighted by atomic mass is 16.5. The molecule has 4 nitrogen and oxygen atoms in total. The lowest BCUT2D eigenvalue weighted by Crippen LogP contribution is -2.31. The summed E-state index contributed by atoms with van der Waals surface area (Å²) in [5.74, 6) is 1.25. The Kier molecular flexibility index (Phi) is 2.88. The fourth-order valence-electron chi connectivity index (χ4n) is 2.89. The van der Waals surface area contributed by atoms with E-state index in [1.807, 2.05) is 0 Å². The standard InChI is InChI=1S/C15H20N2O2/c1-19-12-4-2-3-11(16)13(12)14(18)17-9-15(7-8-15)10-5-6-10/h2-4,10H,5-9,16H2,1H3,(H,17,18). The van der Waals surface area contributed by atoms with Crippen LogP contribution in [0.2, 0.25) is 0 Å². The Morgan fingerprint density at radius 3 is 2.79 bits per heavy atom. The molecule has 4 heteroatoms. The molecule has 0 unspecified atom stereocenters. The first-order valence-corrected chi connectivity index (χ1v) is 6.87. The Morgan fingerprint density at radius 1 is 1.47 bits per heavy atom. The first-order valence-electron chi connectivity index (χ1n) is 6.87. The molecule has 0 heterocycles. The van der Waals surface area contributed by atoms with Crippen molar-refractivity contribution >= 4 is 11.6 Å². The van der Waals surface area contributed by atoms with E-state index in [1.165, 1.54) is 25.7 Å². The van der Waals surface area contributed by atoms with Crippen molar-refractivity contribution in [1.82, 2.24) is 5.32 Å². The molecule has 0 saturated heterocycles. The normalized spacial score (nSPS) is 19.8. The van der Waals surface area contributed by atoms with Gasteiger partial charge >= 0.3 is 0 Å². The van der Waals surface area contributed by atoms with Gasteiger partial charge < -0.3 is 15.8 Å². The van der Waals surface area contributed by atoms with Gasteiger partial charge in [-0.05, 0) is 49.1 Å². The summed E-state index contributed by atoms with van der Waals surface area (Å²) in [7, 11) is 1.55. The third-order valence-corrected chi connectivity index (χ3v) is 4.44. The quantitative estimate of drug-likeness (QED) is 0.798. The fraction of sp³-hybridized carbons (Fsp3) is 0.533. The fourth-order valence-corrected chi connectivity index (χ4v) is 2.89. The van der Waals surface area contributed by atoms with Gasteiger partial charge in [-0.25, -0.2) is 0 Å². The number of nitrogen functional groups attached to an aromatic ring is 1. The number of carbonyl (C=O) groups is 1. The summed E-state index contributed by atoms with van der Waals surface area (Å²) in [5.41, 5.74) is 7.20. The van der Waals surface area contributed by atoms with Crippen molar-refractivity contribution in [3.63, 3.8) is 0 Å². The van der Waals surface area contributed by atoms with Crippen LogP contribution >= 0.6 is 0 Å². The third-order valence-electron chi connectivity index (χ3n) is 4.44. The van der Waals surface area contributed by atoms with E-state index in [-0.39, 0.29) is 5.91 Å². The summed E-state index contributed by atoms with van der Waals surface area (Å²) in [6.45, 7) is 0.772. The number of benzene rings is 1. The zero-order valence-electron chi connectivity index (χ0n) is 11.2. The molecule has 2 fully saturated rings. The molecule has 0 aliphatic heterocycles. The van der Waals surface area contributed by atoms with Crippen molar-refractivity contribution in [3.05, 3.63) is 23.8 Å². The average Bonchev–Trinajstić information content (AvgIpc) is 3.28. The average molecular weight is 260 g/mol. The third kappa shape index (κ3) is 2.27. The van der Waals surface area contributed by atoms with Crippen LogP contribution in [0.15, 0.2) is 18.2 Å². The number of nitrogens with two attached hydrogens (primary N) is 1. The van der Waals surface area contributed by atoms with Crippen molar-refractivity contribution in [2.24, 2.45) is 11.3 Å². The first-order chi connectivity index (χ1) is 9.16. The van der Waals surface area contributed by atoms with Crippen molar-refractivity contribution in [2.75, 3.05) is 19.4 Å². The molecule has 2 aliphatic carbocycles. The van der Waals surface area contributed by atoms with E-state index in [0.717, 1.165) is 12.5 Å². The minimum Gasteiger partial charge on any atom is -0.496 e. The molecule has 1 amide bonds. The van der Waals surface area contributed by atoms with Crippen molar-refractivity contribution in [3.8, 4) is 5.75 Å². The number of methoxy groups -OCH3 is 1. The Bertz CT molecular complexity index is 505. The van der Waals surface area contributed by atoms with Crippen LogP contribution in [0.3, 0.4) is 0 Å². The molecule has 1 aromatic carbocycles. The first kappa shape index (κ1) is 12.3. The van der Waals surface area contributed by atoms with Crippen molar-refractivity contribution in [1.29, 1.82) is 0 Å². The molecule has 1 aromatic rings. The van der Waals surface area contributed by atoms with E-state index < -0.39 is 0 Å². The molecule has 0 aromatic heterocycles. The molecule has 0 spiro atoms. The maximum atomic E-state index is 12.3. The van der Waals surface area contributed by atoms with Crippen LogP contribution in [0, 0.1) is 11.3 Å². The minimum absolute atomic E-state index is 0.123. The molecule has 0 bridgehead atoms. The second-order valence-corrected chi connectivity index (χ2v) is 5.74. The lowest BCUT2D eigenvalue weighted by molar-refractivity contribution is 0.0940. The van der Waals surface area contributed by atoms with E-state index in [0.29, 0.717) is 22.4 Å². The topological polar surface area (TPSA) is 64.3 Å². The minimum atomic E-state index is -0.123. The molecule has 0 atom stereocenters. The van der Waals surface area contributed by atoms with Gasteiger partial charge in [0.05, 0.1) is 7.11 Å². The van der Waals surface area contributed by atoms with Crippen LogP contribution in [0.4, 0.5) is 5.69 Å². The molecule has 3 N–H and O–H groups in total. The van der Waals surface area contributed by atoms with Crippen LogP contribution in [0.25, 0.3) is 0 Å². The van der Waals surface area contributed by atoms with Crippen LogP contribution < -0.4 is 15.8 Å². The number of rotatable bonds is 5. The number of amides is 1. The van der Waals surface area contributed by atoms with Crippen molar-refractivity contribution in [2.45, 2.75) is 25.7 Å². The number of nitrogens with one attached hydrogen (secondary N) is 1. The Balaban J connectivity index is 1.70. The molecular weight excluding hydrogens is 240 g/mol. The van der Waals surface area contributed by atoms with Crippen LogP contribution in [-0.4, -0.2) is 19.6 Å². The Hall–Kier alpha value is -1.71. The van der Waals surface area contributed by atoms with Crippen LogP contribution in [0.1, 0.15) is 36.0 Å². The Morgan fingerprint density at radius 2 is 2.21 bits per heavy atom. The van der Waals surface area contributed by atoms with E-state index in [2.05, 4.69) is 5.32 Å². The lowest BCUT2D eigenvalue weighted by atomic mass is 10.0. The predicted octanol–water partition coefficient (Wildman–Crippen LogP) is 2.20. The Labute approximate surface area is 113 Å². The van der Waals surface area contributed by atoms with E-state index in [9.17, 15) is 4.79 Å². The lowest BCUT2D eigenvalue weighted by Gasteiger charge is -2.16. The van der Waals surface area contributed by atoms with Gasteiger partial charge in [-0.15, -0.1) is 0 Å². The van der Waals surface area contributed by atoms with Crippen molar-refractivity contribution < 1.29 is 9.53 Å². The maximum Gasteiger partial charge on any atom is 0.257 e. The van der Waals surface area contributed by atoms with Gasteiger partial charge in [0, 0.05) is 12.2 Å². The summed E-state index contributed by atoms with van der Waals surface area (Å²) >= 11 is 0. The summed E-state index contributed by atoms with van der Waals surface area (Å²) in [4.78, 5) is 12.3. The number of anilines is 1. The smallest absolute Gasteiger partial charge is 0.257 e. The van der Waals surface area contributed by atoms with Gasteiger partial charge in [0.1, 0.15) is 11.3 Å². The number of carbonyl (C=O) groups excluding carboxylic acids is 1. The molecule has 0 radical (unpaired) electrons. The largest absolute Gasteiger partial charge is 0.496 e. The van der Waals surface area contributed by atoms with Gasteiger partial charge in [-0.2, -0.15) is 0 Å². The van der Waals surface area contributed by atoms with Gasteiger partial charge in [0.2, 0.25) is 0 Å². The summed E-state index contributed by atoms with van der Waals surface area (Å²) in [6.07, 6.45) is 5.15. The number of hydrogen-bond donors (Lipinski definition) is 2. The molecule has 2 saturated carbocycles. The predicted molar refractivity (Wildman–Crippen MR) is 74.1 cm³/mol. The highest BCUT2D eigenvalue weighted by Gasteiger charge is 2.53. The molecule has 3 rings (SSSR count). The van der Waals surface area contributed by atoms with Gasteiger partial charge in [0.15, 0.2) is 0 Å². The van der Waals surface area contributed by atoms with Gasteiger partial charge in [-0.1, -0.05) is 6.07 Å². The SMILES string of the molecule is COc1cccc(N)c1C(=O)NCC1(C2CC2)CC1. The molecule has 2 aliphatic rings. The second kappa shape index (κ2) is 4.44. The summed E-state index contributed by atoms with van der Waals surface area (Å²) in [6, 6.07) is 5.28. The van der Waals surface area contributed by atoms with E-state index in [1.54, 1.807) is 25.3 Å². The maximum absolute atomic E-state index is 12.3. The monoisotopic (exact) mass is 260 g/mol. The second-order valence-electron chi connectivity index (χ2n) is 5.74. The van der Waals surface area contributed by atoms with Crippen LogP contribution in [-0.2, 0) is 0 Å². The van der Waals surface area contributed by atoms with E-state index in [4.69, 9.17) is 10.5 Å². The summed E-state index contributed by atoms with van der Waals surface area (Å²) in [5, 5.41) is 3.04. The highest BCUT2D eigenvalue weighted by Crippen LogP contribution is 2.60. The number of hydrogen-bond acceptors (Lipinski definition) is 3. The number of ether oxygens (including phenoxy) is 1. The van der Waals surface area contributed by atoms with Crippen LogP contribution in [0.5, 0.6) is 5.75 Å².